The largest absolute Gasteiger partial charge is 0.389 e. The number of rotatable bonds is 8. The molecule has 1 amide bonds. The van der Waals surface area contributed by atoms with E-state index in [1.54, 1.807) is 24.3 Å². The lowest BCUT2D eigenvalue weighted by Crippen LogP contribution is -2.19. The monoisotopic (exact) mass is 294 g/mol. The summed E-state index contributed by atoms with van der Waals surface area (Å²) < 4.78 is 5.33. The molecule has 20 heavy (non-hydrogen) atoms. The Balaban J connectivity index is 2.32. The fourth-order valence-electron chi connectivity index (χ4n) is 1.71. The van der Waals surface area contributed by atoms with Crippen LogP contribution in [0, 0.1) is 5.92 Å². The molecule has 3 N–H and O–H groups in total. The summed E-state index contributed by atoms with van der Waals surface area (Å²) >= 11 is 4.90. The van der Waals surface area contributed by atoms with E-state index >= 15 is 0 Å². The van der Waals surface area contributed by atoms with Gasteiger partial charge in [-0.1, -0.05) is 38.2 Å². The lowest BCUT2D eigenvalue weighted by molar-refractivity contribution is -0.120. The first-order valence-electron chi connectivity index (χ1n) is 6.76. The van der Waals surface area contributed by atoms with E-state index in [1.165, 1.54) is 0 Å². The Morgan fingerprint density at radius 1 is 1.45 bits per heavy atom. The molecule has 0 aliphatic carbocycles. The number of carbonyl (C=O) groups excluding carboxylic acids is 1. The lowest BCUT2D eigenvalue weighted by atomic mass is 10.1. The number of amides is 1. The van der Waals surface area contributed by atoms with Gasteiger partial charge in [-0.15, -0.1) is 0 Å². The molecule has 1 rings (SSSR count). The summed E-state index contributed by atoms with van der Waals surface area (Å²) in [6, 6.07) is 7.14. The third-order valence-electron chi connectivity index (χ3n) is 2.73. The molecule has 0 spiro atoms. The molecule has 1 aromatic rings. The lowest BCUT2D eigenvalue weighted by Gasteiger charge is -2.08. The van der Waals surface area contributed by atoms with Crippen LogP contribution in [-0.2, 0) is 9.53 Å². The highest BCUT2D eigenvalue weighted by atomic mass is 32.1. The topological polar surface area (TPSA) is 64.3 Å². The number of thiocarbonyl (C=S) groups is 1. The molecule has 110 valence electrons. The highest BCUT2D eigenvalue weighted by Gasteiger charge is 2.04. The van der Waals surface area contributed by atoms with Crippen molar-refractivity contribution in [3.8, 4) is 0 Å². The van der Waals surface area contributed by atoms with E-state index < -0.39 is 0 Å². The zero-order valence-corrected chi connectivity index (χ0v) is 12.8. The highest BCUT2D eigenvalue weighted by molar-refractivity contribution is 7.80. The zero-order valence-electron chi connectivity index (χ0n) is 12.0. The van der Waals surface area contributed by atoms with E-state index in [0.717, 1.165) is 18.4 Å². The van der Waals surface area contributed by atoms with Crippen molar-refractivity contribution >= 4 is 28.8 Å². The molecule has 0 heterocycles. The first-order valence-corrected chi connectivity index (χ1v) is 7.17. The molecule has 4 nitrogen and oxygen atoms in total. The van der Waals surface area contributed by atoms with Crippen LogP contribution in [0.2, 0.25) is 0 Å². The Morgan fingerprint density at radius 2 is 2.20 bits per heavy atom. The van der Waals surface area contributed by atoms with E-state index in [1.807, 2.05) is 0 Å². The summed E-state index contributed by atoms with van der Waals surface area (Å²) in [7, 11) is 0. The number of nitrogens with two attached hydrogens (primary N) is 1. The Hall–Kier alpha value is -1.46. The summed E-state index contributed by atoms with van der Waals surface area (Å²) in [5, 5.41) is 2.76. The molecular weight excluding hydrogens is 272 g/mol. The van der Waals surface area contributed by atoms with Gasteiger partial charge >= 0.3 is 0 Å². The Kier molecular flexibility index (Phi) is 7.18. The van der Waals surface area contributed by atoms with Gasteiger partial charge in [0.25, 0.3) is 0 Å². The molecule has 0 saturated carbocycles. The molecule has 0 aliphatic heterocycles. The minimum Gasteiger partial charge on any atom is -0.389 e. The van der Waals surface area contributed by atoms with Gasteiger partial charge in [-0.2, -0.15) is 0 Å². The molecule has 1 aromatic carbocycles. The molecule has 0 saturated heterocycles. The third kappa shape index (κ3) is 6.63. The minimum atomic E-state index is -0.172. The molecule has 0 bridgehead atoms. The van der Waals surface area contributed by atoms with Crippen LogP contribution in [0.3, 0.4) is 0 Å². The van der Waals surface area contributed by atoms with E-state index in [-0.39, 0.29) is 12.5 Å². The van der Waals surface area contributed by atoms with Crippen LogP contribution in [0.15, 0.2) is 24.3 Å². The van der Waals surface area contributed by atoms with Gasteiger partial charge < -0.3 is 15.8 Å². The molecule has 0 radical (unpaired) electrons. The Labute approximate surface area is 125 Å². The SMILES string of the molecule is CC(C)CCCOCC(=O)Nc1cccc(C(N)=S)c1. The predicted octanol–water partition coefficient (Wildman–Crippen LogP) is 2.71. The average molecular weight is 294 g/mol. The third-order valence-corrected chi connectivity index (χ3v) is 2.97. The predicted molar refractivity (Wildman–Crippen MR) is 85.9 cm³/mol. The Morgan fingerprint density at radius 3 is 2.85 bits per heavy atom. The van der Waals surface area contributed by atoms with E-state index in [0.29, 0.717) is 23.2 Å². The van der Waals surface area contributed by atoms with Crippen molar-refractivity contribution in [2.24, 2.45) is 11.7 Å². The first-order chi connectivity index (χ1) is 9.49. The van der Waals surface area contributed by atoms with Crippen molar-refractivity contribution in [3.05, 3.63) is 29.8 Å². The van der Waals surface area contributed by atoms with Crippen molar-refractivity contribution in [2.75, 3.05) is 18.5 Å². The van der Waals surface area contributed by atoms with Crippen LogP contribution in [0.25, 0.3) is 0 Å². The fourth-order valence-corrected chi connectivity index (χ4v) is 1.83. The van der Waals surface area contributed by atoms with Crippen molar-refractivity contribution in [1.29, 1.82) is 0 Å². The molecule has 5 heteroatoms. The normalized spacial score (nSPS) is 10.6. The smallest absolute Gasteiger partial charge is 0.250 e. The number of anilines is 1. The van der Waals surface area contributed by atoms with Gasteiger partial charge in [-0.3, -0.25) is 4.79 Å². The van der Waals surface area contributed by atoms with Gasteiger partial charge in [0.05, 0.1) is 0 Å². The second kappa shape index (κ2) is 8.66. The maximum Gasteiger partial charge on any atom is 0.250 e. The van der Waals surface area contributed by atoms with Crippen LogP contribution in [0.5, 0.6) is 0 Å². The summed E-state index contributed by atoms with van der Waals surface area (Å²) in [6.07, 6.45) is 2.08. The standard InChI is InChI=1S/C15H22N2O2S/c1-11(2)5-4-8-19-10-14(18)17-13-7-3-6-12(9-13)15(16)20/h3,6-7,9,11H,4-5,8,10H2,1-2H3,(H2,16,20)(H,17,18). The van der Waals surface area contributed by atoms with E-state index in [4.69, 9.17) is 22.7 Å². The summed E-state index contributed by atoms with van der Waals surface area (Å²) in [5.41, 5.74) is 6.95. The van der Waals surface area contributed by atoms with Crippen LogP contribution in [0.4, 0.5) is 5.69 Å². The molecule has 0 aliphatic rings. The van der Waals surface area contributed by atoms with Crippen LogP contribution >= 0.6 is 12.2 Å². The van der Waals surface area contributed by atoms with Gasteiger partial charge in [0.15, 0.2) is 0 Å². The van der Waals surface area contributed by atoms with Crippen molar-refractivity contribution in [3.63, 3.8) is 0 Å². The first kappa shape index (κ1) is 16.6. The number of hydrogen-bond acceptors (Lipinski definition) is 3. The second-order valence-corrected chi connectivity index (χ2v) is 5.52. The molecule has 0 fully saturated rings. The number of ether oxygens (including phenoxy) is 1. The van der Waals surface area contributed by atoms with Gasteiger partial charge in [0.1, 0.15) is 11.6 Å². The maximum absolute atomic E-state index is 11.7. The van der Waals surface area contributed by atoms with Crippen molar-refractivity contribution < 1.29 is 9.53 Å². The summed E-state index contributed by atoms with van der Waals surface area (Å²) in [6.45, 7) is 5.01. The maximum atomic E-state index is 11.7. The molecule has 0 atom stereocenters. The molecule has 0 unspecified atom stereocenters. The second-order valence-electron chi connectivity index (χ2n) is 5.08. The summed E-state index contributed by atoms with van der Waals surface area (Å²) in [4.78, 5) is 12.0. The number of carbonyl (C=O) groups is 1. The summed E-state index contributed by atoms with van der Waals surface area (Å²) in [5.74, 6) is 0.491. The number of hydrogen-bond donors (Lipinski definition) is 2. The van der Waals surface area contributed by atoms with Gasteiger partial charge in [-0.25, -0.2) is 0 Å². The van der Waals surface area contributed by atoms with Crippen molar-refractivity contribution in [1.82, 2.24) is 0 Å². The number of benzene rings is 1. The zero-order chi connectivity index (χ0) is 15.0. The number of nitrogens with one attached hydrogen (secondary N) is 1. The van der Waals surface area contributed by atoms with Gasteiger partial charge in [-0.05, 0) is 30.9 Å². The van der Waals surface area contributed by atoms with Crippen LogP contribution < -0.4 is 11.1 Å². The van der Waals surface area contributed by atoms with Gasteiger partial charge in [0.2, 0.25) is 5.91 Å². The average Bonchev–Trinajstić information content (AvgIpc) is 2.38. The molecular formula is C15H22N2O2S. The van der Waals surface area contributed by atoms with E-state index in [2.05, 4.69) is 19.2 Å². The Bertz CT molecular complexity index is 461. The quantitative estimate of drug-likeness (QED) is 0.571. The van der Waals surface area contributed by atoms with E-state index in [9.17, 15) is 4.79 Å². The van der Waals surface area contributed by atoms with Gasteiger partial charge in [0, 0.05) is 17.9 Å². The molecule has 0 aromatic heterocycles. The highest BCUT2D eigenvalue weighted by Crippen LogP contribution is 2.10. The van der Waals surface area contributed by atoms with Crippen LogP contribution in [-0.4, -0.2) is 24.1 Å². The minimum absolute atomic E-state index is 0.0649. The van der Waals surface area contributed by atoms with Crippen LogP contribution in [0.1, 0.15) is 32.3 Å². The fraction of sp³-hybridized carbons (Fsp3) is 0.467. The van der Waals surface area contributed by atoms with Crippen molar-refractivity contribution in [2.45, 2.75) is 26.7 Å².